The lowest BCUT2D eigenvalue weighted by Crippen LogP contribution is -2.41. The van der Waals surface area contributed by atoms with E-state index in [0.717, 1.165) is 49.1 Å². The summed E-state index contributed by atoms with van der Waals surface area (Å²) in [5.41, 5.74) is 2.87. The molecule has 3 nitrogen and oxygen atoms in total. The second kappa shape index (κ2) is 6.73. The van der Waals surface area contributed by atoms with E-state index in [1.165, 1.54) is 34.6 Å². The molecule has 0 bridgehead atoms. The van der Waals surface area contributed by atoms with Crippen LogP contribution in [0.2, 0.25) is 0 Å². The first-order valence-corrected chi connectivity index (χ1v) is 10.3. The van der Waals surface area contributed by atoms with Crippen molar-refractivity contribution >= 4 is 27.3 Å². The summed E-state index contributed by atoms with van der Waals surface area (Å²) < 4.78 is 14.4. The van der Waals surface area contributed by atoms with Crippen LogP contribution in [0.15, 0.2) is 48.5 Å². The van der Waals surface area contributed by atoms with Gasteiger partial charge < -0.3 is 4.90 Å². The first-order chi connectivity index (χ1) is 13.2. The van der Waals surface area contributed by atoms with Crippen LogP contribution in [0.25, 0.3) is 10.1 Å². The number of thiophene rings is 1. The Labute approximate surface area is 162 Å². The van der Waals surface area contributed by atoms with E-state index in [-0.39, 0.29) is 11.7 Å². The highest BCUT2D eigenvalue weighted by Gasteiger charge is 2.32. The van der Waals surface area contributed by atoms with Crippen molar-refractivity contribution in [2.24, 2.45) is 0 Å². The average Bonchev–Trinajstić information content (AvgIpc) is 3.34. The Morgan fingerprint density at radius 1 is 1.07 bits per heavy atom. The summed E-state index contributed by atoms with van der Waals surface area (Å²) in [7, 11) is 0. The number of nitrogens with zero attached hydrogens (tertiary/aromatic N) is 2. The van der Waals surface area contributed by atoms with Gasteiger partial charge in [-0.3, -0.25) is 9.69 Å². The molecule has 2 aliphatic heterocycles. The Morgan fingerprint density at radius 2 is 1.93 bits per heavy atom. The van der Waals surface area contributed by atoms with Crippen molar-refractivity contribution in [3.8, 4) is 0 Å². The van der Waals surface area contributed by atoms with Crippen LogP contribution in [0.3, 0.4) is 0 Å². The summed E-state index contributed by atoms with van der Waals surface area (Å²) in [6.45, 7) is 3.62. The van der Waals surface area contributed by atoms with Crippen molar-refractivity contribution in [3.63, 3.8) is 0 Å². The van der Waals surface area contributed by atoms with Crippen LogP contribution >= 0.6 is 11.3 Å². The number of hydrogen-bond donors (Lipinski definition) is 0. The molecule has 5 heteroatoms. The van der Waals surface area contributed by atoms with E-state index in [2.05, 4.69) is 29.2 Å². The van der Waals surface area contributed by atoms with Gasteiger partial charge in [0.2, 0.25) is 0 Å². The summed E-state index contributed by atoms with van der Waals surface area (Å²) >= 11 is 1.46. The molecule has 1 aromatic heterocycles. The summed E-state index contributed by atoms with van der Waals surface area (Å²) in [6, 6.07) is 15.6. The van der Waals surface area contributed by atoms with Crippen molar-refractivity contribution < 1.29 is 9.18 Å². The molecule has 0 saturated carbocycles. The van der Waals surface area contributed by atoms with E-state index >= 15 is 0 Å². The zero-order valence-electron chi connectivity index (χ0n) is 15.0. The molecule has 3 heterocycles. The molecule has 27 heavy (non-hydrogen) atoms. The Morgan fingerprint density at radius 3 is 2.81 bits per heavy atom. The maximum atomic E-state index is 13.4. The third-order valence-corrected chi connectivity index (χ3v) is 6.92. The van der Waals surface area contributed by atoms with Gasteiger partial charge in [0.25, 0.3) is 5.91 Å². The number of benzene rings is 2. The van der Waals surface area contributed by atoms with Crippen molar-refractivity contribution in [1.82, 2.24) is 9.80 Å². The molecule has 5 rings (SSSR count). The Bertz CT molecular complexity index is 1010. The van der Waals surface area contributed by atoms with Crippen molar-refractivity contribution in [1.29, 1.82) is 0 Å². The van der Waals surface area contributed by atoms with Gasteiger partial charge in [-0.05, 0) is 53.6 Å². The van der Waals surface area contributed by atoms with E-state index in [0.29, 0.717) is 10.9 Å². The van der Waals surface area contributed by atoms with Gasteiger partial charge in [0.05, 0.1) is 4.88 Å². The van der Waals surface area contributed by atoms with Crippen molar-refractivity contribution in [2.75, 3.05) is 19.6 Å². The lowest BCUT2D eigenvalue weighted by molar-refractivity contribution is 0.0778. The van der Waals surface area contributed by atoms with Crippen molar-refractivity contribution in [2.45, 2.75) is 25.4 Å². The number of carbonyl (C=O) groups is 1. The lowest BCUT2D eigenvalue weighted by atomic mass is 9.98. The quantitative estimate of drug-likeness (QED) is 0.661. The van der Waals surface area contributed by atoms with Crippen molar-refractivity contribution in [3.05, 3.63) is 70.4 Å². The minimum absolute atomic E-state index is 0.0801. The van der Waals surface area contributed by atoms with E-state index in [4.69, 9.17) is 0 Å². The molecule has 2 aliphatic rings. The molecule has 0 N–H and O–H groups in total. The highest BCUT2D eigenvalue weighted by molar-refractivity contribution is 7.20. The Hall–Kier alpha value is -2.24. The highest BCUT2D eigenvalue weighted by Crippen LogP contribution is 2.30. The van der Waals surface area contributed by atoms with E-state index in [1.807, 2.05) is 11.0 Å². The Balaban J connectivity index is 1.29. The SMILES string of the molecule is O=C(c1cc2cc(F)ccc2s1)N1CC[C@@H](N2CCc3ccccc3C2)C1. The fraction of sp³-hybridized carbons (Fsp3) is 0.318. The average molecular weight is 380 g/mol. The maximum Gasteiger partial charge on any atom is 0.264 e. The molecule has 1 atom stereocenters. The van der Waals surface area contributed by atoms with Crippen LogP contribution in [-0.4, -0.2) is 41.4 Å². The predicted molar refractivity (Wildman–Crippen MR) is 107 cm³/mol. The molecular weight excluding hydrogens is 359 g/mol. The molecule has 0 unspecified atom stereocenters. The monoisotopic (exact) mass is 380 g/mol. The van der Waals surface area contributed by atoms with Gasteiger partial charge in [-0.15, -0.1) is 11.3 Å². The van der Waals surface area contributed by atoms with Gasteiger partial charge >= 0.3 is 0 Å². The fourth-order valence-electron chi connectivity index (χ4n) is 4.33. The largest absolute Gasteiger partial charge is 0.336 e. The van der Waals surface area contributed by atoms with Gasteiger partial charge in [-0.1, -0.05) is 24.3 Å². The minimum atomic E-state index is -0.258. The minimum Gasteiger partial charge on any atom is -0.336 e. The third-order valence-electron chi connectivity index (χ3n) is 5.82. The first kappa shape index (κ1) is 16.9. The van der Waals surface area contributed by atoms with Crippen LogP contribution < -0.4 is 0 Å². The van der Waals surface area contributed by atoms with E-state index in [1.54, 1.807) is 6.07 Å². The smallest absolute Gasteiger partial charge is 0.264 e. The van der Waals surface area contributed by atoms with Crippen LogP contribution in [0.4, 0.5) is 4.39 Å². The van der Waals surface area contributed by atoms with Gasteiger partial charge in [-0.2, -0.15) is 0 Å². The van der Waals surface area contributed by atoms with E-state index in [9.17, 15) is 9.18 Å². The zero-order valence-corrected chi connectivity index (χ0v) is 15.8. The van der Waals surface area contributed by atoms with Gasteiger partial charge in [-0.25, -0.2) is 4.39 Å². The van der Waals surface area contributed by atoms with Crippen LogP contribution in [0.1, 0.15) is 27.2 Å². The van der Waals surface area contributed by atoms with Gasteiger partial charge in [0.1, 0.15) is 5.82 Å². The number of halogens is 1. The number of rotatable bonds is 2. The summed E-state index contributed by atoms with van der Waals surface area (Å²) in [5.74, 6) is -0.178. The Kier molecular flexibility index (Phi) is 4.21. The molecule has 0 radical (unpaired) electrons. The predicted octanol–water partition coefficient (Wildman–Crippen LogP) is 4.31. The molecule has 0 aliphatic carbocycles. The fourth-order valence-corrected chi connectivity index (χ4v) is 5.34. The number of likely N-dealkylation sites (tertiary alicyclic amines) is 1. The lowest BCUT2D eigenvalue weighted by Gasteiger charge is -2.33. The van der Waals surface area contributed by atoms with Gasteiger partial charge in [0.15, 0.2) is 0 Å². The molecule has 0 spiro atoms. The first-order valence-electron chi connectivity index (χ1n) is 9.46. The molecule has 1 fully saturated rings. The third kappa shape index (κ3) is 3.15. The van der Waals surface area contributed by atoms with Crippen LogP contribution in [-0.2, 0) is 13.0 Å². The number of amides is 1. The normalized spacial score (nSPS) is 20.2. The summed E-state index contributed by atoms with van der Waals surface area (Å²) in [5, 5.41) is 0.812. The van der Waals surface area contributed by atoms with Crippen LogP contribution in [0.5, 0.6) is 0 Å². The van der Waals surface area contributed by atoms with E-state index < -0.39 is 0 Å². The van der Waals surface area contributed by atoms with Gasteiger partial charge in [0, 0.05) is 36.9 Å². The molecular formula is C22H21FN2OS. The number of hydrogen-bond acceptors (Lipinski definition) is 3. The maximum absolute atomic E-state index is 13.4. The standard InChI is InChI=1S/C22H21FN2OS/c23-18-5-6-20-17(11-18)12-21(27-20)22(26)25-10-8-19(14-25)24-9-7-15-3-1-2-4-16(15)13-24/h1-6,11-12,19H,7-10,13-14H2/t19-/m1/s1. The number of carbonyl (C=O) groups excluding carboxylic acids is 1. The van der Waals surface area contributed by atoms with Crippen LogP contribution in [0, 0.1) is 5.82 Å². The summed E-state index contributed by atoms with van der Waals surface area (Å²) in [4.78, 5) is 18.1. The second-order valence-electron chi connectivity index (χ2n) is 7.48. The number of fused-ring (bicyclic) bond motifs is 2. The molecule has 2 aromatic carbocycles. The second-order valence-corrected chi connectivity index (χ2v) is 8.56. The topological polar surface area (TPSA) is 23.6 Å². The molecule has 3 aromatic rings. The highest BCUT2D eigenvalue weighted by atomic mass is 32.1. The molecule has 1 amide bonds. The summed E-state index contributed by atoms with van der Waals surface area (Å²) in [6.07, 6.45) is 2.11. The zero-order chi connectivity index (χ0) is 18.4. The molecule has 138 valence electrons. The molecule has 1 saturated heterocycles.